The average molecular weight is 290 g/mol. The number of amides is 1. The number of likely N-dealkylation sites (tertiary alicyclic amines) is 1. The molecule has 3 heteroatoms. The lowest BCUT2D eigenvalue weighted by Gasteiger charge is -2.65. The van der Waals surface area contributed by atoms with Gasteiger partial charge >= 0.3 is 0 Å². The molecule has 1 heterocycles. The van der Waals surface area contributed by atoms with E-state index in [-0.39, 0.29) is 6.04 Å². The Bertz CT molecular complexity index is 456. The van der Waals surface area contributed by atoms with Gasteiger partial charge in [-0.2, -0.15) is 0 Å². The molecule has 5 aliphatic rings. The van der Waals surface area contributed by atoms with Gasteiger partial charge in [0.1, 0.15) is 0 Å². The van der Waals surface area contributed by atoms with Crippen LogP contribution in [0.25, 0.3) is 0 Å². The van der Waals surface area contributed by atoms with E-state index in [2.05, 4.69) is 13.8 Å². The summed E-state index contributed by atoms with van der Waals surface area (Å²) >= 11 is 0. The van der Waals surface area contributed by atoms with Crippen molar-refractivity contribution in [3.63, 3.8) is 0 Å². The van der Waals surface area contributed by atoms with Crippen LogP contribution in [0, 0.1) is 22.2 Å². The number of hydrogen-bond donors (Lipinski definition) is 1. The Balaban J connectivity index is 1.53. The van der Waals surface area contributed by atoms with Gasteiger partial charge in [-0.25, -0.2) is 0 Å². The van der Waals surface area contributed by atoms with Gasteiger partial charge in [-0.05, 0) is 67.1 Å². The summed E-state index contributed by atoms with van der Waals surface area (Å²) in [6.45, 7) is 6.64. The van der Waals surface area contributed by atoms with Crippen LogP contribution in [0.5, 0.6) is 0 Å². The van der Waals surface area contributed by atoms with E-state index in [0.717, 1.165) is 31.8 Å². The predicted molar refractivity (Wildman–Crippen MR) is 83.6 cm³/mol. The molecule has 4 bridgehead atoms. The van der Waals surface area contributed by atoms with E-state index in [1.54, 1.807) is 0 Å². The summed E-state index contributed by atoms with van der Waals surface area (Å²) < 4.78 is 0. The summed E-state index contributed by atoms with van der Waals surface area (Å²) in [5.41, 5.74) is 7.30. The summed E-state index contributed by atoms with van der Waals surface area (Å²) in [4.78, 5) is 14.8. The lowest BCUT2D eigenvalue weighted by molar-refractivity contribution is -0.160. The van der Waals surface area contributed by atoms with E-state index in [1.165, 1.54) is 38.5 Å². The number of rotatable bonds is 2. The second-order valence-corrected chi connectivity index (χ2v) is 9.70. The normalized spacial score (nSPS) is 51.7. The van der Waals surface area contributed by atoms with Gasteiger partial charge in [0, 0.05) is 25.6 Å². The van der Waals surface area contributed by atoms with Crippen molar-refractivity contribution in [1.29, 1.82) is 0 Å². The van der Waals surface area contributed by atoms with E-state index in [1.807, 2.05) is 4.90 Å². The summed E-state index contributed by atoms with van der Waals surface area (Å²) in [6, 6.07) is 0.209. The zero-order valence-corrected chi connectivity index (χ0v) is 13.7. The summed E-state index contributed by atoms with van der Waals surface area (Å²) in [7, 11) is 0. The summed E-state index contributed by atoms with van der Waals surface area (Å²) in [6.07, 6.45) is 9.87. The monoisotopic (exact) mass is 290 g/mol. The lowest BCUT2D eigenvalue weighted by Crippen LogP contribution is -2.56. The van der Waals surface area contributed by atoms with Crippen LogP contribution in [0.15, 0.2) is 0 Å². The Morgan fingerprint density at radius 1 is 1.14 bits per heavy atom. The van der Waals surface area contributed by atoms with Crippen molar-refractivity contribution in [2.45, 2.75) is 71.3 Å². The molecule has 0 aromatic heterocycles. The molecule has 0 spiro atoms. The Hall–Kier alpha value is -0.570. The van der Waals surface area contributed by atoms with Crippen molar-refractivity contribution in [2.75, 3.05) is 13.1 Å². The van der Waals surface area contributed by atoms with E-state index in [9.17, 15) is 4.79 Å². The first-order valence-corrected chi connectivity index (χ1v) is 8.82. The highest BCUT2D eigenvalue weighted by Gasteiger charge is 2.60. The fraction of sp³-hybridized carbons (Fsp3) is 0.944. The SMILES string of the molecule is CC12CC3CC(C)(C1)CC(CC(=O)N1CC[C@H](N)C1)(C3)C2. The van der Waals surface area contributed by atoms with Crippen LogP contribution < -0.4 is 5.73 Å². The molecule has 2 N–H and O–H groups in total. The first-order valence-electron chi connectivity index (χ1n) is 8.82. The topological polar surface area (TPSA) is 46.3 Å². The molecule has 1 aliphatic heterocycles. The van der Waals surface area contributed by atoms with Crippen LogP contribution in [0.4, 0.5) is 0 Å². The second kappa shape index (κ2) is 4.24. The van der Waals surface area contributed by atoms with Gasteiger partial charge in [-0.15, -0.1) is 0 Å². The number of carbonyl (C=O) groups is 1. The minimum absolute atomic E-state index is 0.209. The number of hydrogen-bond acceptors (Lipinski definition) is 2. The molecule has 5 fully saturated rings. The number of nitrogens with two attached hydrogens (primary N) is 1. The first kappa shape index (κ1) is 14.0. The highest BCUT2D eigenvalue weighted by atomic mass is 16.2. The minimum atomic E-state index is 0.209. The third kappa shape index (κ3) is 2.32. The predicted octanol–water partition coefficient (Wildman–Crippen LogP) is 2.93. The second-order valence-electron chi connectivity index (χ2n) is 9.70. The Morgan fingerprint density at radius 2 is 1.81 bits per heavy atom. The molecule has 1 saturated heterocycles. The number of carbonyl (C=O) groups excluding carboxylic acids is 1. The third-order valence-corrected chi connectivity index (χ3v) is 6.85. The molecule has 0 aromatic carbocycles. The van der Waals surface area contributed by atoms with Gasteiger partial charge in [0.25, 0.3) is 0 Å². The Kier molecular flexibility index (Phi) is 2.84. The molecular formula is C18H30N2O. The fourth-order valence-corrected chi connectivity index (χ4v) is 7.33. The van der Waals surface area contributed by atoms with Gasteiger partial charge in [0.2, 0.25) is 5.91 Å². The lowest BCUT2D eigenvalue weighted by atomic mass is 9.40. The smallest absolute Gasteiger partial charge is 0.223 e. The minimum Gasteiger partial charge on any atom is -0.341 e. The molecule has 3 atom stereocenters. The maximum Gasteiger partial charge on any atom is 0.223 e. The van der Waals surface area contributed by atoms with Gasteiger partial charge in [0.15, 0.2) is 0 Å². The molecule has 0 radical (unpaired) electrons. The van der Waals surface area contributed by atoms with Gasteiger partial charge < -0.3 is 10.6 Å². The molecule has 4 aliphatic carbocycles. The van der Waals surface area contributed by atoms with Crippen molar-refractivity contribution in [3.05, 3.63) is 0 Å². The van der Waals surface area contributed by atoms with E-state index in [0.29, 0.717) is 22.2 Å². The average Bonchev–Trinajstić information content (AvgIpc) is 2.70. The number of nitrogens with zero attached hydrogens (tertiary/aromatic N) is 1. The van der Waals surface area contributed by atoms with Crippen LogP contribution >= 0.6 is 0 Å². The van der Waals surface area contributed by atoms with Crippen LogP contribution in [0.3, 0.4) is 0 Å². The van der Waals surface area contributed by atoms with Gasteiger partial charge in [-0.1, -0.05) is 13.8 Å². The van der Waals surface area contributed by atoms with Crippen molar-refractivity contribution < 1.29 is 4.79 Å². The zero-order valence-electron chi connectivity index (χ0n) is 13.7. The van der Waals surface area contributed by atoms with Crippen molar-refractivity contribution in [3.8, 4) is 0 Å². The van der Waals surface area contributed by atoms with Gasteiger partial charge in [-0.3, -0.25) is 4.79 Å². The molecule has 21 heavy (non-hydrogen) atoms. The molecule has 2 unspecified atom stereocenters. The van der Waals surface area contributed by atoms with Gasteiger partial charge in [0.05, 0.1) is 0 Å². The third-order valence-electron chi connectivity index (χ3n) is 6.85. The van der Waals surface area contributed by atoms with Crippen LogP contribution in [-0.4, -0.2) is 29.9 Å². The fourth-order valence-electron chi connectivity index (χ4n) is 7.33. The quantitative estimate of drug-likeness (QED) is 0.850. The van der Waals surface area contributed by atoms with Crippen molar-refractivity contribution >= 4 is 5.91 Å². The molecule has 118 valence electrons. The van der Waals surface area contributed by atoms with Crippen LogP contribution in [0.2, 0.25) is 0 Å². The maximum absolute atomic E-state index is 12.8. The first-order chi connectivity index (χ1) is 9.79. The van der Waals surface area contributed by atoms with E-state index >= 15 is 0 Å². The standard InChI is InChI=1S/C18H30N2O/c1-16-5-13-6-17(2,10-16)12-18(7-13,11-16)8-15(21)20-4-3-14(19)9-20/h13-14H,3-12,19H2,1-2H3/t13?,14-,16?,17?,18?/m0/s1. The van der Waals surface area contributed by atoms with Crippen LogP contribution in [-0.2, 0) is 4.79 Å². The zero-order chi connectivity index (χ0) is 14.9. The summed E-state index contributed by atoms with van der Waals surface area (Å²) in [5.74, 6) is 1.27. The Morgan fingerprint density at radius 3 is 2.33 bits per heavy atom. The van der Waals surface area contributed by atoms with Crippen molar-refractivity contribution in [2.24, 2.45) is 27.9 Å². The largest absolute Gasteiger partial charge is 0.341 e. The van der Waals surface area contributed by atoms with Crippen molar-refractivity contribution in [1.82, 2.24) is 4.90 Å². The molecular weight excluding hydrogens is 260 g/mol. The Labute approximate surface area is 128 Å². The van der Waals surface area contributed by atoms with Crippen LogP contribution in [0.1, 0.15) is 65.2 Å². The molecule has 5 rings (SSSR count). The van der Waals surface area contributed by atoms with E-state index in [4.69, 9.17) is 5.73 Å². The highest BCUT2D eigenvalue weighted by molar-refractivity contribution is 5.77. The highest BCUT2D eigenvalue weighted by Crippen LogP contribution is 2.70. The molecule has 3 nitrogen and oxygen atoms in total. The molecule has 1 amide bonds. The molecule has 4 saturated carbocycles. The maximum atomic E-state index is 12.8. The summed E-state index contributed by atoms with van der Waals surface area (Å²) in [5, 5.41) is 0. The van der Waals surface area contributed by atoms with E-state index < -0.39 is 0 Å². The molecule has 0 aromatic rings.